The SMILES string of the molecule is Cc1cc(C)cc(CSCCCCO)c1. The molecule has 1 aromatic rings. The van der Waals surface area contributed by atoms with Crippen molar-refractivity contribution in [2.24, 2.45) is 0 Å². The Labute approximate surface area is 96.9 Å². The molecule has 0 aromatic heterocycles. The summed E-state index contributed by atoms with van der Waals surface area (Å²) in [5, 5.41) is 8.65. The Morgan fingerprint density at radius 3 is 2.33 bits per heavy atom. The monoisotopic (exact) mass is 224 g/mol. The number of benzene rings is 1. The van der Waals surface area contributed by atoms with Crippen LogP contribution in [-0.2, 0) is 5.75 Å². The van der Waals surface area contributed by atoms with Crippen LogP contribution in [-0.4, -0.2) is 17.5 Å². The van der Waals surface area contributed by atoms with Gasteiger partial charge in [-0.25, -0.2) is 0 Å². The highest BCUT2D eigenvalue weighted by molar-refractivity contribution is 7.98. The first kappa shape index (κ1) is 12.6. The maximum atomic E-state index is 8.65. The molecule has 1 N–H and O–H groups in total. The molecule has 0 unspecified atom stereocenters. The molecule has 1 rings (SSSR count). The predicted molar refractivity (Wildman–Crippen MR) is 68.4 cm³/mol. The summed E-state index contributed by atoms with van der Waals surface area (Å²) in [6, 6.07) is 6.72. The fourth-order valence-electron chi connectivity index (χ4n) is 1.66. The summed E-state index contributed by atoms with van der Waals surface area (Å²) in [6.45, 7) is 4.62. The minimum Gasteiger partial charge on any atom is -0.396 e. The third kappa shape index (κ3) is 5.24. The van der Waals surface area contributed by atoms with Crippen molar-refractivity contribution in [1.29, 1.82) is 0 Å². The van der Waals surface area contributed by atoms with Gasteiger partial charge in [-0.1, -0.05) is 29.3 Å². The highest BCUT2D eigenvalue weighted by Crippen LogP contribution is 2.16. The Morgan fingerprint density at radius 1 is 1.07 bits per heavy atom. The number of rotatable bonds is 6. The molecule has 0 radical (unpaired) electrons. The first-order valence-corrected chi connectivity index (χ1v) is 6.63. The van der Waals surface area contributed by atoms with Crippen LogP contribution in [0.4, 0.5) is 0 Å². The van der Waals surface area contributed by atoms with Gasteiger partial charge in [-0.2, -0.15) is 11.8 Å². The summed E-state index contributed by atoms with van der Waals surface area (Å²) < 4.78 is 0. The van der Waals surface area contributed by atoms with Crippen LogP contribution in [0, 0.1) is 13.8 Å². The topological polar surface area (TPSA) is 20.2 Å². The number of hydrogen-bond donors (Lipinski definition) is 1. The van der Waals surface area contributed by atoms with Gasteiger partial charge in [-0.3, -0.25) is 0 Å². The van der Waals surface area contributed by atoms with E-state index in [9.17, 15) is 0 Å². The zero-order chi connectivity index (χ0) is 11.1. The van der Waals surface area contributed by atoms with Crippen LogP contribution >= 0.6 is 11.8 Å². The lowest BCUT2D eigenvalue weighted by Crippen LogP contribution is -1.88. The molecule has 0 atom stereocenters. The van der Waals surface area contributed by atoms with Gasteiger partial charge in [0.2, 0.25) is 0 Å². The van der Waals surface area contributed by atoms with E-state index in [1.54, 1.807) is 0 Å². The second kappa shape index (κ2) is 6.91. The van der Waals surface area contributed by atoms with E-state index in [0.717, 1.165) is 24.3 Å². The molecule has 0 saturated heterocycles. The van der Waals surface area contributed by atoms with Crippen LogP contribution in [0.15, 0.2) is 18.2 Å². The predicted octanol–water partition coefficient (Wildman–Crippen LogP) is 3.31. The average molecular weight is 224 g/mol. The van der Waals surface area contributed by atoms with E-state index < -0.39 is 0 Å². The molecule has 1 nitrogen and oxygen atoms in total. The lowest BCUT2D eigenvalue weighted by Gasteiger charge is -2.04. The van der Waals surface area contributed by atoms with Crippen molar-refractivity contribution in [2.75, 3.05) is 12.4 Å². The quantitative estimate of drug-likeness (QED) is 0.748. The molecule has 0 aliphatic carbocycles. The number of aliphatic hydroxyl groups excluding tert-OH is 1. The van der Waals surface area contributed by atoms with Gasteiger partial charge < -0.3 is 5.11 Å². The molecular formula is C13H20OS. The minimum absolute atomic E-state index is 0.324. The number of thioether (sulfide) groups is 1. The zero-order valence-electron chi connectivity index (χ0n) is 9.62. The van der Waals surface area contributed by atoms with Crippen LogP contribution in [0.5, 0.6) is 0 Å². The molecule has 0 amide bonds. The average Bonchev–Trinajstić information content (AvgIpc) is 2.16. The third-order valence-corrected chi connectivity index (χ3v) is 3.36. The summed E-state index contributed by atoms with van der Waals surface area (Å²) in [6.07, 6.45) is 2.05. The Bertz CT molecular complexity index is 276. The van der Waals surface area contributed by atoms with E-state index in [0.29, 0.717) is 6.61 Å². The van der Waals surface area contributed by atoms with Gasteiger partial charge in [0.25, 0.3) is 0 Å². The Balaban J connectivity index is 2.31. The molecule has 2 heteroatoms. The van der Waals surface area contributed by atoms with E-state index in [1.165, 1.54) is 16.7 Å². The second-order valence-corrected chi connectivity index (χ2v) is 5.08. The molecule has 0 heterocycles. The summed E-state index contributed by atoms with van der Waals surface area (Å²) in [5.74, 6) is 2.24. The summed E-state index contributed by atoms with van der Waals surface area (Å²) >= 11 is 1.95. The van der Waals surface area contributed by atoms with E-state index >= 15 is 0 Å². The molecule has 15 heavy (non-hydrogen) atoms. The van der Waals surface area contributed by atoms with E-state index in [2.05, 4.69) is 32.0 Å². The van der Waals surface area contributed by atoms with Gasteiger partial charge in [0, 0.05) is 12.4 Å². The second-order valence-electron chi connectivity index (χ2n) is 3.98. The Hall–Kier alpha value is -0.470. The van der Waals surface area contributed by atoms with E-state index in [-0.39, 0.29) is 0 Å². The van der Waals surface area contributed by atoms with Crippen LogP contribution in [0.3, 0.4) is 0 Å². The van der Waals surface area contributed by atoms with Gasteiger partial charge >= 0.3 is 0 Å². The molecular weight excluding hydrogens is 204 g/mol. The number of hydrogen-bond acceptors (Lipinski definition) is 2. The normalized spacial score (nSPS) is 10.6. The van der Waals surface area contributed by atoms with Gasteiger partial charge in [0.1, 0.15) is 0 Å². The first-order chi connectivity index (χ1) is 7.22. The van der Waals surface area contributed by atoms with Crippen LogP contribution in [0.1, 0.15) is 29.5 Å². The number of unbranched alkanes of at least 4 members (excludes halogenated alkanes) is 1. The van der Waals surface area contributed by atoms with Crippen molar-refractivity contribution in [3.8, 4) is 0 Å². The molecule has 0 fully saturated rings. The summed E-state index contributed by atoms with van der Waals surface area (Å²) in [5.41, 5.74) is 4.11. The van der Waals surface area contributed by atoms with Crippen LogP contribution in [0.2, 0.25) is 0 Å². The van der Waals surface area contributed by atoms with Crippen molar-refractivity contribution < 1.29 is 5.11 Å². The highest BCUT2D eigenvalue weighted by Gasteiger charge is 1.96. The lowest BCUT2D eigenvalue weighted by atomic mass is 10.1. The number of aryl methyl sites for hydroxylation is 2. The van der Waals surface area contributed by atoms with Crippen molar-refractivity contribution in [3.63, 3.8) is 0 Å². The minimum atomic E-state index is 0.324. The van der Waals surface area contributed by atoms with Crippen molar-refractivity contribution in [2.45, 2.75) is 32.4 Å². The van der Waals surface area contributed by atoms with Gasteiger partial charge in [-0.15, -0.1) is 0 Å². The largest absolute Gasteiger partial charge is 0.396 e. The van der Waals surface area contributed by atoms with E-state index in [1.807, 2.05) is 11.8 Å². The van der Waals surface area contributed by atoms with E-state index in [4.69, 9.17) is 5.11 Å². The maximum Gasteiger partial charge on any atom is 0.0431 e. The third-order valence-electron chi connectivity index (χ3n) is 2.25. The molecule has 0 aliphatic heterocycles. The standard InChI is InChI=1S/C13H20OS/c1-11-7-12(2)9-13(8-11)10-15-6-4-3-5-14/h7-9,14H,3-6,10H2,1-2H3. The van der Waals surface area contributed by atoms with Crippen LogP contribution < -0.4 is 0 Å². The molecule has 0 saturated carbocycles. The fraction of sp³-hybridized carbons (Fsp3) is 0.538. The van der Waals surface area contributed by atoms with Gasteiger partial charge in [0.05, 0.1) is 0 Å². The Kier molecular flexibility index (Phi) is 5.81. The van der Waals surface area contributed by atoms with Crippen LogP contribution in [0.25, 0.3) is 0 Å². The zero-order valence-corrected chi connectivity index (χ0v) is 10.4. The summed E-state index contributed by atoms with van der Waals surface area (Å²) in [7, 11) is 0. The molecule has 0 bridgehead atoms. The Morgan fingerprint density at radius 2 is 1.73 bits per heavy atom. The summed E-state index contributed by atoms with van der Waals surface area (Å²) in [4.78, 5) is 0. The van der Waals surface area contributed by atoms with Crippen molar-refractivity contribution in [1.82, 2.24) is 0 Å². The molecule has 0 aliphatic rings. The molecule has 1 aromatic carbocycles. The lowest BCUT2D eigenvalue weighted by molar-refractivity contribution is 0.287. The molecule has 0 spiro atoms. The highest BCUT2D eigenvalue weighted by atomic mass is 32.2. The maximum absolute atomic E-state index is 8.65. The van der Waals surface area contributed by atoms with Crippen molar-refractivity contribution >= 4 is 11.8 Å². The number of aliphatic hydroxyl groups is 1. The van der Waals surface area contributed by atoms with Gasteiger partial charge in [0.15, 0.2) is 0 Å². The first-order valence-electron chi connectivity index (χ1n) is 5.48. The fourth-order valence-corrected chi connectivity index (χ4v) is 2.61. The smallest absolute Gasteiger partial charge is 0.0431 e. The molecule has 84 valence electrons. The van der Waals surface area contributed by atoms with Crippen molar-refractivity contribution in [3.05, 3.63) is 34.9 Å². The van der Waals surface area contributed by atoms with Gasteiger partial charge in [-0.05, 0) is 38.0 Å².